The fraction of sp³-hybridized carbons (Fsp3) is 0.240. The summed E-state index contributed by atoms with van der Waals surface area (Å²) in [6.07, 6.45) is 2.24. The Hall–Kier alpha value is -3.30. The summed E-state index contributed by atoms with van der Waals surface area (Å²) in [5, 5.41) is 6.83. The van der Waals surface area contributed by atoms with Gasteiger partial charge < -0.3 is 19.5 Å². The van der Waals surface area contributed by atoms with Gasteiger partial charge in [0.2, 0.25) is 5.91 Å². The standard InChI is InChI=1S/C25H25N3O4S2/c1-30-18-7-5-17(6-8-18)19-13-33-24-23(19)25(28-15-27-24)34-14-22(29)26-11-10-16-4-9-20(31-2)21(12-16)32-3/h4-9,12-13,15H,10-11,14H2,1-3H3,(H,26,29). The number of carbonyl (C=O) groups is 1. The van der Waals surface area contributed by atoms with E-state index in [4.69, 9.17) is 14.2 Å². The van der Waals surface area contributed by atoms with Gasteiger partial charge in [-0.2, -0.15) is 0 Å². The average molecular weight is 496 g/mol. The number of thiophene rings is 1. The Labute approximate surface area is 206 Å². The molecule has 0 saturated heterocycles. The molecular weight excluding hydrogens is 470 g/mol. The fourth-order valence-electron chi connectivity index (χ4n) is 3.51. The second kappa shape index (κ2) is 11.2. The van der Waals surface area contributed by atoms with E-state index in [1.807, 2.05) is 42.5 Å². The van der Waals surface area contributed by atoms with Gasteiger partial charge in [-0.25, -0.2) is 9.97 Å². The first-order valence-corrected chi connectivity index (χ1v) is 12.5. The number of fused-ring (bicyclic) bond motifs is 1. The summed E-state index contributed by atoms with van der Waals surface area (Å²) in [6, 6.07) is 13.7. The van der Waals surface area contributed by atoms with Gasteiger partial charge in [-0.1, -0.05) is 30.0 Å². The Bertz CT molecular complexity index is 1280. The van der Waals surface area contributed by atoms with Crippen LogP contribution in [0.3, 0.4) is 0 Å². The second-order valence-corrected chi connectivity index (χ2v) is 9.14. The number of thioether (sulfide) groups is 1. The molecular formula is C25H25N3O4S2. The number of carbonyl (C=O) groups excluding carboxylic acids is 1. The SMILES string of the molecule is COc1ccc(-c2csc3ncnc(SCC(=O)NCCc4ccc(OC)c(OC)c4)c23)cc1. The van der Waals surface area contributed by atoms with Gasteiger partial charge >= 0.3 is 0 Å². The molecule has 4 rings (SSSR count). The lowest BCUT2D eigenvalue weighted by Crippen LogP contribution is -2.27. The van der Waals surface area contributed by atoms with Gasteiger partial charge in [0.15, 0.2) is 11.5 Å². The van der Waals surface area contributed by atoms with Crippen LogP contribution in [0.1, 0.15) is 5.56 Å². The molecule has 34 heavy (non-hydrogen) atoms. The monoisotopic (exact) mass is 495 g/mol. The van der Waals surface area contributed by atoms with E-state index in [1.165, 1.54) is 11.8 Å². The Kier molecular flexibility index (Phi) is 7.87. The van der Waals surface area contributed by atoms with Crippen LogP contribution in [-0.2, 0) is 11.2 Å². The highest BCUT2D eigenvalue weighted by Gasteiger charge is 2.15. The highest BCUT2D eigenvalue weighted by molar-refractivity contribution is 8.00. The number of rotatable bonds is 10. The number of amides is 1. The summed E-state index contributed by atoms with van der Waals surface area (Å²) < 4.78 is 15.9. The predicted octanol–water partition coefficient (Wildman–Crippen LogP) is 4.84. The molecule has 9 heteroatoms. The van der Waals surface area contributed by atoms with E-state index in [0.29, 0.717) is 24.5 Å². The predicted molar refractivity (Wildman–Crippen MR) is 136 cm³/mol. The maximum atomic E-state index is 12.5. The van der Waals surface area contributed by atoms with E-state index in [2.05, 4.69) is 20.7 Å². The third kappa shape index (κ3) is 5.43. The molecule has 0 aliphatic heterocycles. The van der Waals surface area contributed by atoms with Crippen molar-refractivity contribution in [2.24, 2.45) is 0 Å². The Morgan fingerprint density at radius 3 is 2.53 bits per heavy atom. The molecule has 0 radical (unpaired) electrons. The van der Waals surface area contributed by atoms with Crippen molar-refractivity contribution in [3.63, 3.8) is 0 Å². The molecule has 1 amide bonds. The largest absolute Gasteiger partial charge is 0.497 e. The minimum Gasteiger partial charge on any atom is -0.497 e. The quantitative estimate of drug-likeness (QED) is 0.249. The van der Waals surface area contributed by atoms with Gasteiger partial charge in [-0.3, -0.25) is 4.79 Å². The average Bonchev–Trinajstić information content (AvgIpc) is 3.32. The summed E-state index contributed by atoms with van der Waals surface area (Å²) in [5.41, 5.74) is 3.17. The molecule has 0 atom stereocenters. The van der Waals surface area contributed by atoms with Crippen LogP contribution >= 0.6 is 23.1 Å². The zero-order chi connectivity index (χ0) is 23.9. The molecule has 0 saturated carbocycles. The molecule has 4 aromatic rings. The van der Waals surface area contributed by atoms with Crippen molar-refractivity contribution >= 4 is 39.2 Å². The normalized spacial score (nSPS) is 10.8. The van der Waals surface area contributed by atoms with Crippen LogP contribution in [0.2, 0.25) is 0 Å². The van der Waals surface area contributed by atoms with E-state index in [-0.39, 0.29) is 11.7 Å². The van der Waals surface area contributed by atoms with E-state index in [0.717, 1.165) is 37.7 Å². The molecule has 0 aliphatic rings. The summed E-state index contributed by atoms with van der Waals surface area (Å²) in [5.74, 6) is 2.40. The van der Waals surface area contributed by atoms with Crippen LogP contribution in [0.4, 0.5) is 0 Å². The van der Waals surface area contributed by atoms with Gasteiger partial charge in [0.1, 0.15) is 21.9 Å². The summed E-state index contributed by atoms with van der Waals surface area (Å²) in [4.78, 5) is 22.3. The molecule has 1 N–H and O–H groups in total. The molecule has 7 nitrogen and oxygen atoms in total. The van der Waals surface area contributed by atoms with Gasteiger partial charge in [-0.15, -0.1) is 11.3 Å². The number of hydrogen-bond acceptors (Lipinski definition) is 8. The second-order valence-electron chi connectivity index (χ2n) is 7.31. The van der Waals surface area contributed by atoms with Crippen molar-refractivity contribution in [3.8, 4) is 28.4 Å². The summed E-state index contributed by atoms with van der Waals surface area (Å²) >= 11 is 2.99. The van der Waals surface area contributed by atoms with Crippen LogP contribution in [-0.4, -0.2) is 49.5 Å². The van der Waals surface area contributed by atoms with Crippen LogP contribution in [0, 0.1) is 0 Å². The number of methoxy groups -OCH3 is 3. The first-order valence-electron chi connectivity index (χ1n) is 10.6. The van der Waals surface area contributed by atoms with E-state index >= 15 is 0 Å². The van der Waals surface area contributed by atoms with Crippen molar-refractivity contribution in [1.82, 2.24) is 15.3 Å². The third-order valence-electron chi connectivity index (χ3n) is 5.26. The van der Waals surface area contributed by atoms with E-state index in [1.54, 1.807) is 39.0 Å². The zero-order valence-corrected chi connectivity index (χ0v) is 20.8. The first kappa shape index (κ1) is 23.8. The van der Waals surface area contributed by atoms with Gasteiger partial charge in [0, 0.05) is 17.5 Å². The topological polar surface area (TPSA) is 82.6 Å². The van der Waals surface area contributed by atoms with Gasteiger partial charge in [0.25, 0.3) is 0 Å². The number of aromatic nitrogens is 2. The Balaban J connectivity index is 1.38. The van der Waals surface area contributed by atoms with Crippen molar-refractivity contribution in [3.05, 3.63) is 59.7 Å². The molecule has 2 aromatic carbocycles. The van der Waals surface area contributed by atoms with Crippen molar-refractivity contribution < 1.29 is 19.0 Å². The van der Waals surface area contributed by atoms with Crippen LogP contribution < -0.4 is 19.5 Å². The highest BCUT2D eigenvalue weighted by atomic mass is 32.2. The number of benzene rings is 2. The minimum atomic E-state index is -0.0431. The number of nitrogens with zero attached hydrogens (tertiary/aromatic N) is 2. The van der Waals surface area contributed by atoms with Crippen molar-refractivity contribution in [2.45, 2.75) is 11.4 Å². The maximum absolute atomic E-state index is 12.5. The lowest BCUT2D eigenvalue weighted by molar-refractivity contribution is -0.118. The molecule has 2 aromatic heterocycles. The summed E-state index contributed by atoms with van der Waals surface area (Å²) in [6.45, 7) is 0.531. The number of nitrogens with one attached hydrogen (secondary N) is 1. The molecule has 0 unspecified atom stereocenters. The highest BCUT2D eigenvalue weighted by Crippen LogP contribution is 2.38. The lowest BCUT2D eigenvalue weighted by Gasteiger charge is -2.10. The zero-order valence-electron chi connectivity index (χ0n) is 19.2. The lowest BCUT2D eigenvalue weighted by atomic mass is 10.1. The first-order chi connectivity index (χ1) is 16.6. The molecule has 0 bridgehead atoms. The molecule has 2 heterocycles. The third-order valence-corrected chi connectivity index (χ3v) is 7.14. The molecule has 176 valence electrons. The Morgan fingerprint density at radius 1 is 1.00 bits per heavy atom. The van der Waals surface area contributed by atoms with Crippen molar-refractivity contribution in [1.29, 1.82) is 0 Å². The van der Waals surface area contributed by atoms with Gasteiger partial charge in [0.05, 0.1) is 32.5 Å². The number of ether oxygens (including phenoxy) is 3. The number of hydrogen-bond donors (Lipinski definition) is 1. The van der Waals surface area contributed by atoms with Crippen LogP contribution in [0.25, 0.3) is 21.3 Å². The van der Waals surface area contributed by atoms with E-state index < -0.39 is 0 Å². The maximum Gasteiger partial charge on any atom is 0.230 e. The fourth-order valence-corrected chi connectivity index (χ4v) is 5.33. The van der Waals surface area contributed by atoms with Crippen molar-refractivity contribution in [2.75, 3.05) is 33.6 Å². The molecule has 0 fully saturated rings. The van der Waals surface area contributed by atoms with Crippen LogP contribution in [0.5, 0.6) is 17.2 Å². The smallest absolute Gasteiger partial charge is 0.230 e. The minimum absolute atomic E-state index is 0.0431. The van der Waals surface area contributed by atoms with E-state index in [9.17, 15) is 4.79 Å². The molecule has 0 aliphatic carbocycles. The van der Waals surface area contributed by atoms with Gasteiger partial charge in [-0.05, 0) is 41.8 Å². The Morgan fingerprint density at radius 2 is 1.79 bits per heavy atom. The van der Waals surface area contributed by atoms with Crippen LogP contribution in [0.15, 0.2) is 59.2 Å². The molecule has 0 spiro atoms. The summed E-state index contributed by atoms with van der Waals surface area (Å²) in [7, 11) is 4.87.